The molecule has 16 heavy (non-hydrogen) atoms. The Bertz CT molecular complexity index is 209. The van der Waals surface area contributed by atoms with Crippen LogP contribution in [-0.2, 0) is 4.79 Å². The van der Waals surface area contributed by atoms with Crippen LogP contribution in [0.25, 0.3) is 0 Å². The maximum Gasteiger partial charge on any atom is 0.222 e. The van der Waals surface area contributed by atoms with Crippen molar-refractivity contribution in [1.29, 1.82) is 0 Å². The van der Waals surface area contributed by atoms with Gasteiger partial charge in [0.2, 0.25) is 5.91 Å². The Morgan fingerprint density at radius 3 is 2.75 bits per heavy atom. The lowest BCUT2D eigenvalue weighted by Gasteiger charge is -2.30. The van der Waals surface area contributed by atoms with Gasteiger partial charge in [-0.15, -0.1) is 0 Å². The van der Waals surface area contributed by atoms with E-state index in [1.165, 1.54) is 0 Å². The molecule has 1 atom stereocenters. The van der Waals surface area contributed by atoms with Crippen LogP contribution in [0.4, 0.5) is 0 Å². The third-order valence-electron chi connectivity index (χ3n) is 3.09. The van der Waals surface area contributed by atoms with Gasteiger partial charge in [-0.05, 0) is 32.2 Å². The smallest absolute Gasteiger partial charge is 0.222 e. The molecule has 0 aromatic carbocycles. The van der Waals surface area contributed by atoms with Gasteiger partial charge in [-0.2, -0.15) is 0 Å². The molecule has 0 aliphatic carbocycles. The van der Waals surface area contributed by atoms with Gasteiger partial charge in [0, 0.05) is 19.5 Å². The predicted molar refractivity (Wildman–Crippen MR) is 64.0 cm³/mol. The third-order valence-corrected chi connectivity index (χ3v) is 3.09. The fourth-order valence-electron chi connectivity index (χ4n) is 2.11. The van der Waals surface area contributed by atoms with E-state index in [1.807, 2.05) is 0 Å². The normalized spacial score (nSPS) is 21.1. The van der Waals surface area contributed by atoms with Crippen LogP contribution in [0.1, 0.15) is 44.9 Å². The molecule has 94 valence electrons. The zero-order chi connectivity index (χ0) is 11.8. The lowest BCUT2D eigenvalue weighted by atomic mass is 10.1. The van der Waals surface area contributed by atoms with Crippen molar-refractivity contribution in [3.63, 3.8) is 0 Å². The van der Waals surface area contributed by atoms with Gasteiger partial charge in [0.05, 0.1) is 6.10 Å². The molecule has 1 amide bonds. The number of piperidine rings is 1. The molecule has 0 spiro atoms. The van der Waals surface area contributed by atoms with Gasteiger partial charge in [0.15, 0.2) is 0 Å². The third kappa shape index (κ3) is 4.94. The van der Waals surface area contributed by atoms with Crippen LogP contribution in [-0.4, -0.2) is 41.7 Å². The number of aliphatic hydroxyl groups excluding tert-OH is 1. The van der Waals surface area contributed by atoms with Crippen LogP contribution in [0.5, 0.6) is 0 Å². The zero-order valence-corrected chi connectivity index (χ0v) is 10.0. The van der Waals surface area contributed by atoms with Gasteiger partial charge in [-0.25, -0.2) is 0 Å². The second kappa shape index (κ2) is 7.63. The number of aliphatic hydroxyl groups is 1. The minimum absolute atomic E-state index is 0.200. The van der Waals surface area contributed by atoms with E-state index in [-0.39, 0.29) is 12.0 Å². The zero-order valence-electron chi connectivity index (χ0n) is 10.0. The average Bonchev–Trinajstić information content (AvgIpc) is 2.28. The van der Waals surface area contributed by atoms with Gasteiger partial charge in [-0.3, -0.25) is 4.79 Å². The summed E-state index contributed by atoms with van der Waals surface area (Å²) in [6, 6.07) is 0. The maximum atomic E-state index is 11.8. The van der Waals surface area contributed by atoms with Crippen LogP contribution in [0.15, 0.2) is 0 Å². The number of carbonyl (C=O) groups excluding carboxylic acids is 1. The van der Waals surface area contributed by atoms with Crippen molar-refractivity contribution in [2.24, 2.45) is 5.73 Å². The summed E-state index contributed by atoms with van der Waals surface area (Å²) in [5.74, 6) is 0.200. The molecule has 0 aromatic rings. The number of amides is 1. The number of unbranched alkanes of at least 4 members (excludes halogenated alkanes) is 3. The van der Waals surface area contributed by atoms with Crippen molar-refractivity contribution in [3.05, 3.63) is 0 Å². The quantitative estimate of drug-likeness (QED) is 0.663. The van der Waals surface area contributed by atoms with Crippen molar-refractivity contribution in [2.75, 3.05) is 19.6 Å². The molecule has 1 saturated heterocycles. The Morgan fingerprint density at radius 1 is 1.31 bits per heavy atom. The number of nitrogens with zero attached hydrogens (tertiary/aromatic N) is 1. The molecule has 1 fully saturated rings. The Balaban J connectivity index is 2.09. The number of nitrogens with two attached hydrogens (primary N) is 1. The topological polar surface area (TPSA) is 66.6 Å². The molecule has 1 heterocycles. The van der Waals surface area contributed by atoms with Crippen LogP contribution >= 0.6 is 0 Å². The Labute approximate surface area is 97.8 Å². The number of rotatable bonds is 6. The molecule has 0 aromatic heterocycles. The number of β-amino-alcohol motifs (C(OH)–C–C–N with tert-alkyl or cyclic N) is 1. The van der Waals surface area contributed by atoms with Gasteiger partial charge in [-0.1, -0.05) is 12.8 Å². The van der Waals surface area contributed by atoms with E-state index in [0.717, 1.165) is 51.6 Å². The Kier molecular flexibility index (Phi) is 6.42. The summed E-state index contributed by atoms with van der Waals surface area (Å²) in [6.45, 7) is 2.09. The molecular formula is C12H24N2O2. The SMILES string of the molecule is NCCCCCCC(=O)N1CCC[C@H](O)C1. The summed E-state index contributed by atoms with van der Waals surface area (Å²) < 4.78 is 0. The van der Waals surface area contributed by atoms with Crippen LogP contribution < -0.4 is 5.73 Å². The molecule has 0 unspecified atom stereocenters. The fraction of sp³-hybridized carbons (Fsp3) is 0.917. The number of likely N-dealkylation sites (tertiary alicyclic amines) is 1. The van der Waals surface area contributed by atoms with Crippen LogP contribution in [0.2, 0.25) is 0 Å². The van der Waals surface area contributed by atoms with E-state index in [9.17, 15) is 9.90 Å². The highest BCUT2D eigenvalue weighted by molar-refractivity contribution is 5.76. The second-order valence-corrected chi connectivity index (χ2v) is 4.59. The standard InChI is InChI=1S/C12H24N2O2/c13-8-4-2-1-3-7-12(16)14-9-5-6-11(15)10-14/h11,15H,1-10,13H2/t11-/m0/s1. The van der Waals surface area contributed by atoms with E-state index in [1.54, 1.807) is 4.90 Å². The van der Waals surface area contributed by atoms with Crippen molar-refractivity contribution in [2.45, 2.75) is 51.0 Å². The molecule has 4 heteroatoms. The number of hydrogen-bond acceptors (Lipinski definition) is 3. The summed E-state index contributed by atoms with van der Waals surface area (Å²) in [6.07, 6.45) is 6.28. The molecule has 0 radical (unpaired) electrons. The Hall–Kier alpha value is -0.610. The minimum Gasteiger partial charge on any atom is -0.391 e. The van der Waals surface area contributed by atoms with E-state index in [0.29, 0.717) is 13.0 Å². The first-order valence-electron chi connectivity index (χ1n) is 6.40. The molecule has 4 nitrogen and oxygen atoms in total. The largest absolute Gasteiger partial charge is 0.391 e. The maximum absolute atomic E-state index is 11.8. The van der Waals surface area contributed by atoms with Gasteiger partial charge in [0.1, 0.15) is 0 Å². The second-order valence-electron chi connectivity index (χ2n) is 4.59. The minimum atomic E-state index is -0.310. The van der Waals surface area contributed by atoms with Crippen molar-refractivity contribution >= 4 is 5.91 Å². The number of carbonyl (C=O) groups is 1. The lowest BCUT2D eigenvalue weighted by Crippen LogP contribution is -2.42. The van der Waals surface area contributed by atoms with Crippen molar-refractivity contribution in [3.8, 4) is 0 Å². The number of hydrogen-bond donors (Lipinski definition) is 2. The van der Waals surface area contributed by atoms with Gasteiger partial charge < -0.3 is 15.7 Å². The van der Waals surface area contributed by atoms with E-state index >= 15 is 0 Å². The molecular weight excluding hydrogens is 204 g/mol. The van der Waals surface area contributed by atoms with Crippen LogP contribution in [0.3, 0.4) is 0 Å². The highest BCUT2D eigenvalue weighted by Crippen LogP contribution is 2.12. The summed E-state index contributed by atoms with van der Waals surface area (Å²) in [5, 5.41) is 9.46. The van der Waals surface area contributed by atoms with E-state index < -0.39 is 0 Å². The summed E-state index contributed by atoms with van der Waals surface area (Å²) in [4.78, 5) is 13.6. The first kappa shape index (κ1) is 13.5. The summed E-state index contributed by atoms with van der Waals surface area (Å²) in [5.41, 5.74) is 5.40. The first-order chi connectivity index (χ1) is 7.74. The molecule has 0 saturated carbocycles. The van der Waals surface area contributed by atoms with Crippen LogP contribution in [0, 0.1) is 0 Å². The molecule has 0 bridgehead atoms. The van der Waals surface area contributed by atoms with Crippen molar-refractivity contribution in [1.82, 2.24) is 4.90 Å². The van der Waals surface area contributed by atoms with E-state index in [2.05, 4.69) is 0 Å². The van der Waals surface area contributed by atoms with Gasteiger partial charge in [0.25, 0.3) is 0 Å². The monoisotopic (exact) mass is 228 g/mol. The summed E-state index contributed by atoms with van der Waals surface area (Å²) >= 11 is 0. The van der Waals surface area contributed by atoms with Gasteiger partial charge >= 0.3 is 0 Å². The average molecular weight is 228 g/mol. The fourth-order valence-corrected chi connectivity index (χ4v) is 2.11. The lowest BCUT2D eigenvalue weighted by molar-refractivity contribution is -0.134. The van der Waals surface area contributed by atoms with Crippen molar-refractivity contribution < 1.29 is 9.90 Å². The predicted octanol–water partition coefficient (Wildman–Crippen LogP) is 0.879. The Morgan fingerprint density at radius 2 is 2.06 bits per heavy atom. The summed E-state index contributed by atoms with van der Waals surface area (Å²) in [7, 11) is 0. The highest BCUT2D eigenvalue weighted by atomic mass is 16.3. The molecule has 3 N–H and O–H groups in total. The van der Waals surface area contributed by atoms with E-state index in [4.69, 9.17) is 5.73 Å². The first-order valence-corrected chi connectivity index (χ1v) is 6.40. The molecule has 1 rings (SSSR count). The highest BCUT2D eigenvalue weighted by Gasteiger charge is 2.21. The molecule has 1 aliphatic rings. The molecule has 1 aliphatic heterocycles.